The fourth-order valence-corrected chi connectivity index (χ4v) is 4.16. The number of ether oxygens (including phenoxy) is 1. The monoisotopic (exact) mass is 457 g/mol. The van der Waals surface area contributed by atoms with E-state index < -0.39 is 6.09 Å². The van der Waals surface area contributed by atoms with Crippen LogP contribution in [-0.4, -0.2) is 61.7 Å². The second kappa shape index (κ2) is 8.82. The zero-order chi connectivity index (χ0) is 23.7. The quantitative estimate of drug-likeness (QED) is 0.495. The number of amides is 1. The molecule has 0 spiro atoms. The van der Waals surface area contributed by atoms with Crippen LogP contribution < -0.4 is 10.2 Å². The summed E-state index contributed by atoms with van der Waals surface area (Å²) in [6.07, 6.45) is 9.82. The van der Waals surface area contributed by atoms with Gasteiger partial charge in [-0.05, 0) is 25.0 Å². The zero-order valence-corrected chi connectivity index (χ0v) is 18.8. The van der Waals surface area contributed by atoms with Crippen molar-refractivity contribution in [3.05, 3.63) is 48.7 Å². The number of hydrogen-bond donors (Lipinski definition) is 1. The Hall–Kier alpha value is -4.46. The van der Waals surface area contributed by atoms with Gasteiger partial charge in [-0.3, -0.25) is 4.68 Å². The molecule has 1 atom stereocenters. The highest BCUT2D eigenvalue weighted by Gasteiger charge is 2.24. The number of nitriles is 1. The summed E-state index contributed by atoms with van der Waals surface area (Å²) in [6, 6.07) is 6.06. The Morgan fingerprint density at radius 2 is 2.09 bits per heavy atom. The molecule has 34 heavy (non-hydrogen) atoms. The molecule has 0 saturated carbocycles. The van der Waals surface area contributed by atoms with Crippen molar-refractivity contribution in [2.45, 2.75) is 18.9 Å². The van der Waals surface area contributed by atoms with Crippen molar-refractivity contribution in [2.24, 2.45) is 7.05 Å². The molecule has 4 aromatic heterocycles. The molecule has 1 N–H and O–H groups in total. The van der Waals surface area contributed by atoms with Crippen LogP contribution in [0.3, 0.4) is 0 Å². The lowest BCUT2D eigenvalue weighted by Gasteiger charge is -2.33. The van der Waals surface area contributed by atoms with Gasteiger partial charge in [0.1, 0.15) is 29.1 Å². The summed E-state index contributed by atoms with van der Waals surface area (Å²) in [5.41, 5.74) is 3.99. The minimum Gasteiger partial charge on any atom is -0.444 e. The second-order valence-corrected chi connectivity index (χ2v) is 8.11. The van der Waals surface area contributed by atoms with E-state index in [4.69, 9.17) is 9.72 Å². The van der Waals surface area contributed by atoms with Crippen molar-refractivity contribution < 1.29 is 9.53 Å². The third-order valence-corrected chi connectivity index (χ3v) is 5.82. The predicted octanol–water partition coefficient (Wildman–Crippen LogP) is 2.39. The number of rotatable bonds is 4. The van der Waals surface area contributed by atoms with Crippen LogP contribution in [0.1, 0.15) is 18.4 Å². The Balaban J connectivity index is 1.48. The molecule has 1 aliphatic heterocycles. The van der Waals surface area contributed by atoms with Gasteiger partial charge >= 0.3 is 6.09 Å². The molecule has 0 bridgehead atoms. The summed E-state index contributed by atoms with van der Waals surface area (Å²) < 4.78 is 8.81. The molecule has 172 valence electrons. The molecule has 5 heterocycles. The Bertz CT molecular complexity index is 1380. The number of piperidine rings is 1. The van der Waals surface area contributed by atoms with Crippen molar-refractivity contribution >= 4 is 17.4 Å². The predicted molar refractivity (Wildman–Crippen MR) is 124 cm³/mol. The minimum atomic E-state index is -0.423. The van der Waals surface area contributed by atoms with Crippen LogP contribution in [-0.2, 0) is 11.8 Å². The molecule has 1 fully saturated rings. The van der Waals surface area contributed by atoms with Crippen LogP contribution >= 0.6 is 0 Å². The van der Waals surface area contributed by atoms with Gasteiger partial charge in [-0.15, -0.1) is 0 Å². The third-order valence-electron chi connectivity index (χ3n) is 5.82. The first-order valence-corrected chi connectivity index (χ1v) is 10.9. The molecule has 0 unspecified atom stereocenters. The maximum atomic E-state index is 11.6. The van der Waals surface area contributed by atoms with Gasteiger partial charge in [0, 0.05) is 44.2 Å². The number of anilines is 1. The first kappa shape index (κ1) is 21.4. The van der Waals surface area contributed by atoms with Crippen molar-refractivity contribution in [3.63, 3.8) is 0 Å². The van der Waals surface area contributed by atoms with Gasteiger partial charge < -0.3 is 15.0 Å². The van der Waals surface area contributed by atoms with E-state index in [0.717, 1.165) is 36.3 Å². The smallest absolute Gasteiger partial charge is 0.407 e. The Labute approximate surface area is 195 Å². The number of carbonyl (C=O) groups excluding carboxylic acids is 1. The lowest BCUT2D eigenvalue weighted by atomic mass is 10.1. The van der Waals surface area contributed by atoms with Crippen molar-refractivity contribution in [3.8, 4) is 28.6 Å². The molecule has 5 rings (SSSR count). The van der Waals surface area contributed by atoms with E-state index in [1.54, 1.807) is 34.8 Å². The summed E-state index contributed by atoms with van der Waals surface area (Å²) in [7, 11) is 3.40. The number of carbonyl (C=O) groups is 1. The van der Waals surface area contributed by atoms with E-state index in [9.17, 15) is 10.1 Å². The Morgan fingerprint density at radius 3 is 2.79 bits per heavy atom. The number of alkyl carbamates (subject to hydrolysis) is 1. The molecule has 4 aromatic rings. The minimum absolute atomic E-state index is 0.183. The Morgan fingerprint density at radius 1 is 1.21 bits per heavy atom. The molecule has 1 saturated heterocycles. The number of pyridine rings is 1. The van der Waals surface area contributed by atoms with E-state index in [-0.39, 0.29) is 6.10 Å². The lowest BCUT2D eigenvalue weighted by molar-refractivity contribution is 0.0899. The fraction of sp³-hybridized carbons (Fsp3) is 0.304. The molecular weight excluding hydrogens is 434 g/mol. The number of nitrogens with zero attached hydrogens (tertiary/aromatic N) is 8. The van der Waals surface area contributed by atoms with Gasteiger partial charge in [0.25, 0.3) is 0 Å². The fourth-order valence-electron chi connectivity index (χ4n) is 4.16. The average Bonchev–Trinajstić information content (AvgIpc) is 3.49. The summed E-state index contributed by atoms with van der Waals surface area (Å²) in [5.74, 6) is 0.794. The van der Waals surface area contributed by atoms with Crippen LogP contribution in [0, 0.1) is 11.3 Å². The summed E-state index contributed by atoms with van der Waals surface area (Å²) >= 11 is 0. The molecule has 0 radical (unpaired) electrons. The number of aromatic nitrogens is 6. The van der Waals surface area contributed by atoms with Crippen molar-refractivity contribution in [1.82, 2.24) is 34.7 Å². The van der Waals surface area contributed by atoms with Crippen LogP contribution in [0.15, 0.2) is 43.1 Å². The van der Waals surface area contributed by atoms with Crippen molar-refractivity contribution in [2.75, 3.05) is 25.0 Å². The van der Waals surface area contributed by atoms with Gasteiger partial charge in [-0.25, -0.2) is 19.3 Å². The second-order valence-electron chi connectivity index (χ2n) is 8.11. The Kier molecular flexibility index (Phi) is 5.55. The maximum Gasteiger partial charge on any atom is 0.407 e. The molecule has 11 heteroatoms. The van der Waals surface area contributed by atoms with E-state index in [2.05, 4.69) is 31.5 Å². The highest BCUT2D eigenvalue weighted by molar-refractivity contribution is 5.83. The van der Waals surface area contributed by atoms with E-state index in [1.807, 2.05) is 25.4 Å². The lowest BCUT2D eigenvalue weighted by Crippen LogP contribution is -2.42. The SMILES string of the molecule is CNC(=O)O[C@H]1CCCN(c2ccc(-c3nc(-c4cnn(C)c4)cn4ncc(C#N)c34)cn2)C1. The van der Waals surface area contributed by atoms with Gasteiger partial charge in [-0.2, -0.15) is 15.5 Å². The molecule has 1 aliphatic rings. The van der Waals surface area contributed by atoms with Gasteiger partial charge in [-0.1, -0.05) is 0 Å². The van der Waals surface area contributed by atoms with Gasteiger partial charge in [0.15, 0.2) is 0 Å². The largest absolute Gasteiger partial charge is 0.444 e. The molecular formula is C23H23N9O2. The normalized spacial score (nSPS) is 15.8. The topological polar surface area (TPSA) is 126 Å². The maximum absolute atomic E-state index is 11.6. The van der Waals surface area contributed by atoms with Crippen LogP contribution in [0.25, 0.3) is 28.0 Å². The van der Waals surface area contributed by atoms with E-state index in [0.29, 0.717) is 29.0 Å². The van der Waals surface area contributed by atoms with Crippen LogP contribution in [0.4, 0.5) is 10.6 Å². The molecule has 11 nitrogen and oxygen atoms in total. The highest BCUT2D eigenvalue weighted by atomic mass is 16.6. The first-order chi connectivity index (χ1) is 16.6. The number of nitrogens with one attached hydrogen (secondary N) is 1. The third kappa shape index (κ3) is 4.01. The molecule has 1 amide bonds. The van der Waals surface area contributed by atoms with Gasteiger partial charge in [0.2, 0.25) is 0 Å². The summed E-state index contributed by atoms with van der Waals surface area (Å²) in [6.45, 7) is 1.42. The summed E-state index contributed by atoms with van der Waals surface area (Å²) in [4.78, 5) is 23.2. The highest BCUT2D eigenvalue weighted by Crippen LogP contribution is 2.29. The number of aryl methyl sites for hydroxylation is 1. The summed E-state index contributed by atoms with van der Waals surface area (Å²) in [5, 5.41) is 20.7. The van der Waals surface area contributed by atoms with E-state index >= 15 is 0 Å². The zero-order valence-electron chi connectivity index (χ0n) is 18.8. The standard InChI is InChI=1S/C23H23N9O2/c1-25-23(33)34-18-4-3-7-31(13-18)20-6-5-15(9-26-20)21-22-16(8-24)10-28-32(22)14-19(29-21)17-11-27-30(2)12-17/h5-6,9-12,14,18H,3-4,7,13H2,1-2H3,(H,25,33)/t18-/m0/s1. The van der Waals surface area contributed by atoms with Crippen LogP contribution in [0.2, 0.25) is 0 Å². The van der Waals surface area contributed by atoms with Crippen molar-refractivity contribution in [1.29, 1.82) is 5.26 Å². The van der Waals surface area contributed by atoms with E-state index in [1.165, 1.54) is 6.20 Å². The molecule has 0 aliphatic carbocycles. The number of hydrogen-bond acceptors (Lipinski definition) is 8. The first-order valence-electron chi connectivity index (χ1n) is 10.9. The average molecular weight is 457 g/mol. The molecule has 0 aromatic carbocycles. The van der Waals surface area contributed by atoms with Crippen LogP contribution in [0.5, 0.6) is 0 Å². The van der Waals surface area contributed by atoms with Gasteiger partial charge in [0.05, 0.1) is 36.5 Å². The number of fused-ring (bicyclic) bond motifs is 1.